The molecule has 0 unspecified atom stereocenters. The molecule has 1 heterocycles. The van der Waals surface area contributed by atoms with Crippen LogP contribution in [0, 0.1) is 10.1 Å². The fraction of sp³-hybridized carbons (Fsp3) is 0.455. The van der Waals surface area contributed by atoms with Gasteiger partial charge in [0, 0.05) is 32.2 Å². The molecule has 1 radical (unpaired) electrons. The quantitative estimate of drug-likeness (QED) is 0.612. The monoisotopic (exact) mass is 274 g/mol. The third-order valence-electron chi connectivity index (χ3n) is 2.90. The first kappa shape index (κ1) is 13.6. The first-order valence-electron chi connectivity index (χ1n) is 5.63. The van der Waals surface area contributed by atoms with Crippen LogP contribution in [-0.2, 0) is 6.18 Å². The molecule has 1 aliphatic rings. The summed E-state index contributed by atoms with van der Waals surface area (Å²) in [4.78, 5) is 11.8. The number of alkyl halides is 3. The van der Waals surface area contributed by atoms with Crippen LogP contribution in [0.25, 0.3) is 0 Å². The number of hydrogen-bond donors (Lipinski definition) is 0. The van der Waals surface area contributed by atoms with E-state index in [2.05, 4.69) is 5.32 Å². The highest BCUT2D eigenvalue weighted by molar-refractivity contribution is 5.65. The molecule has 0 N–H and O–H groups in total. The largest absolute Gasteiger partial charge is 0.416 e. The van der Waals surface area contributed by atoms with Gasteiger partial charge >= 0.3 is 6.18 Å². The van der Waals surface area contributed by atoms with Gasteiger partial charge in [-0.3, -0.25) is 10.1 Å². The van der Waals surface area contributed by atoms with Crippen molar-refractivity contribution < 1.29 is 18.1 Å². The Labute approximate surface area is 107 Å². The average molecular weight is 274 g/mol. The van der Waals surface area contributed by atoms with E-state index < -0.39 is 22.4 Å². The van der Waals surface area contributed by atoms with E-state index in [0.29, 0.717) is 32.2 Å². The maximum atomic E-state index is 12.6. The van der Waals surface area contributed by atoms with Crippen LogP contribution in [0.2, 0.25) is 0 Å². The number of piperazine rings is 1. The number of nitro benzene ring substituents is 1. The van der Waals surface area contributed by atoms with Gasteiger partial charge in [0.15, 0.2) is 0 Å². The highest BCUT2D eigenvalue weighted by Crippen LogP contribution is 2.36. The molecule has 1 saturated heterocycles. The van der Waals surface area contributed by atoms with E-state index in [4.69, 9.17) is 0 Å². The zero-order valence-electron chi connectivity index (χ0n) is 9.85. The van der Waals surface area contributed by atoms with Crippen molar-refractivity contribution in [1.29, 1.82) is 0 Å². The first-order valence-corrected chi connectivity index (χ1v) is 5.63. The van der Waals surface area contributed by atoms with Crippen molar-refractivity contribution in [2.75, 3.05) is 31.1 Å². The summed E-state index contributed by atoms with van der Waals surface area (Å²) in [5.41, 5.74) is -1.31. The molecule has 103 valence electrons. The molecule has 1 fully saturated rings. The maximum Gasteiger partial charge on any atom is 0.416 e. The van der Waals surface area contributed by atoms with E-state index in [1.165, 1.54) is 0 Å². The van der Waals surface area contributed by atoms with Gasteiger partial charge in [0.1, 0.15) is 5.69 Å². The van der Waals surface area contributed by atoms with Gasteiger partial charge < -0.3 is 4.90 Å². The lowest BCUT2D eigenvalue weighted by Gasteiger charge is -2.28. The molecule has 0 amide bonds. The smallest absolute Gasteiger partial charge is 0.363 e. The SMILES string of the molecule is O=[N+]([O-])c1cc(C(F)(F)F)ccc1N1CC[N]CC1. The summed E-state index contributed by atoms with van der Waals surface area (Å²) in [6.07, 6.45) is -4.58. The molecule has 0 bridgehead atoms. The summed E-state index contributed by atoms with van der Waals surface area (Å²) < 4.78 is 37.7. The molecule has 19 heavy (non-hydrogen) atoms. The minimum atomic E-state index is -4.58. The molecule has 0 aliphatic carbocycles. The van der Waals surface area contributed by atoms with E-state index in [0.717, 1.165) is 12.1 Å². The molecule has 1 aromatic carbocycles. The Morgan fingerprint density at radius 2 is 1.89 bits per heavy atom. The number of nitro groups is 1. The molecule has 8 heteroatoms. The average Bonchev–Trinajstić information content (AvgIpc) is 2.38. The van der Waals surface area contributed by atoms with Gasteiger partial charge in [-0.1, -0.05) is 0 Å². The van der Waals surface area contributed by atoms with E-state index in [9.17, 15) is 23.3 Å². The Kier molecular flexibility index (Phi) is 3.61. The van der Waals surface area contributed by atoms with Crippen LogP contribution in [0.4, 0.5) is 24.5 Å². The summed E-state index contributed by atoms with van der Waals surface area (Å²) >= 11 is 0. The number of rotatable bonds is 2. The molecule has 1 aromatic rings. The number of anilines is 1. The van der Waals surface area contributed by atoms with Gasteiger partial charge in [0.2, 0.25) is 0 Å². The summed E-state index contributed by atoms with van der Waals surface area (Å²) in [6, 6.07) is 2.61. The molecular weight excluding hydrogens is 263 g/mol. The van der Waals surface area contributed by atoms with Crippen LogP contribution in [0.1, 0.15) is 5.56 Å². The first-order chi connectivity index (χ1) is 8.89. The molecule has 0 saturated carbocycles. The van der Waals surface area contributed by atoms with Crippen molar-refractivity contribution in [2.45, 2.75) is 6.18 Å². The lowest BCUT2D eigenvalue weighted by molar-refractivity contribution is -0.384. The second-order valence-corrected chi connectivity index (χ2v) is 4.12. The van der Waals surface area contributed by atoms with Gasteiger partial charge in [-0.05, 0) is 12.1 Å². The van der Waals surface area contributed by atoms with Gasteiger partial charge in [0.25, 0.3) is 5.69 Å². The summed E-state index contributed by atoms with van der Waals surface area (Å²) in [5.74, 6) is 0. The van der Waals surface area contributed by atoms with E-state index in [-0.39, 0.29) is 5.69 Å². The summed E-state index contributed by atoms with van der Waals surface area (Å²) in [6.45, 7) is 2.01. The molecule has 5 nitrogen and oxygen atoms in total. The van der Waals surface area contributed by atoms with E-state index in [1.807, 2.05) is 0 Å². The number of nitrogens with zero attached hydrogens (tertiary/aromatic N) is 3. The fourth-order valence-corrected chi connectivity index (χ4v) is 1.96. The Morgan fingerprint density at radius 3 is 2.42 bits per heavy atom. The van der Waals surface area contributed by atoms with Crippen LogP contribution in [0.3, 0.4) is 0 Å². The second-order valence-electron chi connectivity index (χ2n) is 4.12. The van der Waals surface area contributed by atoms with Crippen LogP contribution in [0.5, 0.6) is 0 Å². The third-order valence-corrected chi connectivity index (χ3v) is 2.90. The maximum absolute atomic E-state index is 12.6. The standard InChI is InChI=1S/C11H11F3N3O2/c12-11(13,14)8-1-2-9(10(7-8)17(18)19)16-5-3-15-4-6-16/h1-2,7H,3-6H2. The second kappa shape index (κ2) is 5.04. The minimum absolute atomic E-state index is 0.216. The van der Waals surface area contributed by atoms with E-state index >= 15 is 0 Å². The highest BCUT2D eigenvalue weighted by Gasteiger charge is 2.33. The molecule has 0 aromatic heterocycles. The predicted octanol–water partition coefficient (Wildman–Crippen LogP) is 2.04. The molecule has 0 atom stereocenters. The molecule has 2 rings (SSSR count). The molecule has 1 aliphatic heterocycles. The topological polar surface area (TPSA) is 60.5 Å². The van der Waals surface area contributed by atoms with Gasteiger partial charge in [0.05, 0.1) is 10.5 Å². The molecular formula is C11H11F3N3O2. The van der Waals surface area contributed by atoms with Crippen LogP contribution in [0.15, 0.2) is 18.2 Å². The Bertz CT molecular complexity index is 485. The Morgan fingerprint density at radius 1 is 1.26 bits per heavy atom. The summed E-state index contributed by atoms with van der Waals surface area (Å²) in [5, 5.41) is 15.0. The van der Waals surface area contributed by atoms with Crippen molar-refractivity contribution in [1.82, 2.24) is 5.32 Å². The van der Waals surface area contributed by atoms with Crippen molar-refractivity contribution >= 4 is 11.4 Å². The fourth-order valence-electron chi connectivity index (χ4n) is 1.96. The van der Waals surface area contributed by atoms with Gasteiger partial charge in [-0.15, -0.1) is 0 Å². The number of hydrogen-bond acceptors (Lipinski definition) is 3. The van der Waals surface area contributed by atoms with Gasteiger partial charge in [-0.2, -0.15) is 13.2 Å². The van der Waals surface area contributed by atoms with E-state index in [1.54, 1.807) is 4.90 Å². The number of benzene rings is 1. The van der Waals surface area contributed by atoms with Crippen molar-refractivity contribution in [3.8, 4) is 0 Å². The van der Waals surface area contributed by atoms with Crippen molar-refractivity contribution in [3.63, 3.8) is 0 Å². The Hall–Kier alpha value is -1.83. The van der Waals surface area contributed by atoms with Crippen molar-refractivity contribution in [2.24, 2.45) is 0 Å². The normalized spacial score (nSPS) is 16.5. The zero-order valence-corrected chi connectivity index (χ0v) is 9.85. The highest BCUT2D eigenvalue weighted by atomic mass is 19.4. The number of halogens is 3. The van der Waals surface area contributed by atoms with Crippen LogP contribution >= 0.6 is 0 Å². The zero-order chi connectivity index (χ0) is 14.0. The van der Waals surface area contributed by atoms with Crippen LogP contribution in [-0.4, -0.2) is 31.1 Å². The minimum Gasteiger partial charge on any atom is -0.363 e. The summed E-state index contributed by atoms with van der Waals surface area (Å²) in [7, 11) is 0. The van der Waals surface area contributed by atoms with Gasteiger partial charge in [-0.25, -0.2) is 5.32 Å². The Balaban J connectivity index is 2.40. The van der Waals surface area contributed by atoms with Crippen LogP contribution < -0.4 is 10.2 Å². The predicted molar refractivity (Wildman–Crippen MR) is 62.2 cm³/mol. The van der Waals surface area contributed by atoms with Crippen molar-refractivity contribution in [3.05, 3.63) is 33.9 Å². The molecule has 0 spiro atoms. The lowest BCUT2D eigenvalue weighted by atomic mass is 10.1. The third kappa shape index (κ3) is 2.95. The lowest BCUT2D eigenvalue weighted by Crippen LogP contribution is -2.40.